The topological polar surface area (TPSA) is 92.7 Å². The summed E-state index contributed by atoms with van der Waals surface area (Å²) in [7, 11) is -3.63. The quantitative estimate of drug-likeness (QED) is 0.761. The van der Waals surface area contributed by atoms with Gasteiger partial charge in [-0.05, 0) is 25.7 Å². The van der Waals surface area contributed by atoms with Crippen LogP contribution in [0.4, 0.5) is 0 Å². The molecule has 1 fully saturated rings. The van der Waals surface area contributed by atoms with Crippen molar-refractivity contribution in [3.63, 3.8) is 0 Å². The van der Waals surface area contributed by atoms with Gasteiger partial charge < -0.3 is 9.84 Å². The monoisotopic (exact) mass is 293 g/mol. The number of hydrogen-bond donors (Lipinski definition) is 2. The van der Waals surface area contributed by atoms with Gasteiger partial charge in [0.2, 0.25) is 10.0 Å². The molecule has 4 atom stereocenters. The fourth-order valence-corrected chi connectivity index (χ4v) is 3.97. The van der Waals surface area contributed by atoms with Gasteiger partial charge in [0.25, 0.3) is 0 Å². The highest BCUT2D eigenvalue weighted by Crippen LogP contribution is 2.21. The lowest BCUT2D eigenvalue weighted by Crippen LogP contribution is -2.49. The highest BCUT2D eigenvalue weighted by Gasteiger charge is 2.35. The number of carbonyl (C=O) groups is 1. The third-order valence-corrected chi connectivity index (χ3v) is 5.53. The minimum absolute atomic E-state index is 0.109. The van der Waals surface area contributed by atoms with Crippen LogP contribution in [0.2, 0.25) is 0 Å². The van der Waals surface area contributed by atoms with Gasteiger partial charge >= 0.3 is 5.97 Å². The smallest absolute Gasteiger partial charge is 0.322 e. The van der Waals surface area contributed by atoms with Crippen LogP contribution in [0, 0.1) is 5.92 Å². The van der Waals surface area contributed by atoms with Crippen molar-refractivity contribution >= 4 is 16.0 Å². The van der Waals surface area contributed by atoms with E-state index in [9.17, 15) is 13.2 Å². The molecule has 0 aromatic rings. The van der Waals surface area contributed by atoms with E-state index in [1.165, 1.54) is 0 Å². The number of carboxylic acid groups (broad SMARTS) is 1. The molecule has 1 heterocycles. The SMILES string of the molecule is CC[C@H](C)[C@H](NS(=O)(=O)C1CCOC(C)C1)C(=O)O. The Morgan fingerprint density at radius 1 is 1.53 bits per heavy atom. The summed E-state index contributed by atoms with van der Waals surface area (Å²) < 4.78 is 32.1. The Kier molecular flexibility index (Phi) is 5.76. The van der Waals surface area contributed by atoms with Crippen LogP contribution in [0.5, 0.6) is 0 Å². The standard InChI is InChI=1S/C12H23NO5S/c1-4-8(2)11(12(14)15)13-19(16,17)10-5-6-18-9(3)7-10/h8-11,13H,4-7H2,1-3H3,(H,14,15)/t8-,9?,10?,11-/m0/s1. The minimum Gasteiger partial charge on any atom is -0.480 e. The van der Waals surface area contributed by atoms with Gasteiger partial charge in [0, 0.05) is 6.61 Å². The molecule has 0 radical (unpaired) electrons. The highest BCUT2D eigenvalue weighted by molar-refractivity contribution is 7.90. The second kappa shape index (κ2) is 6.67. The summed E-state index contributed by atoms with van der Waals surface area (Å²) in [4.78, 5) is 11.2. The molecular formula is C12H23NO5S. The molecule has 2 unspecified atom stereocenters. The zero-order valence-corrected chi connectivity index (χ0v) is 12.4. The van der Waals surface area contributed by atoms with Crippen molar-refractivity contribution in [2.75, 3.05) is 6.61 Å². The molecule has 2 N–H and O–H groups in total. The number of rotatable bonds is 6. The van der Waals surface area contributed by atoms with E-state index in [1.54, 1.807) is 6.92 Å². The van der Waals surface area contributed by atoms with E-state index in [-0.39, 0.29) is 12.0 Å². The van der Waals surface area contributed by atoms with E-state index in [2.05, 4.69) is 4.72 Å². The summed E-state index contributed by atoms with van der Waals surface area (Å²) in [6.07, 6.45) is 1.31. The van der Waals surface area contributed by atoms with Crippen molar-refractivity contribution in [3.8, 4) is 0 Å². The normalized spacial score (nSPS) is 27.7. The maximum Gasteiger partial charge on any atom is 0.322 e. The van der Waals surface area contributed by atoms with E-state index in [4.69, 9.17) is 9.84 Å². The van der Waals surface area contributed by atoms with Gasteiger partial charge in [-0.15, -0.1) is 0 Å². The van der Waals surface area contributed by atoms with Crippen LogP contribution < -0.4 is 4.72 Å². The number of nitrogens with one attached hydrogen (secondary N) is 1. The number of hydrogen-bond acceptors (Lipinski definition) is 4. The van der Waals surface area contributed by atoms with E-state index in [1.807, 2.05) is 13.8 Å². The van der Waals surface area contributed by atoms with Gasteiger partial charge in [-0.2, -0.15) is 0 Å². The zero-order chi connectivity index (χ0) is 14.6. The van der Waals surface area contributed by atoms with Crippen LogP contribution in [0.15, 0.2) is 0 Å². The van der Waals surface area contributed by atoms with Crippen molar-refractivity contribution in [1.29, 1.82) is 0 Å². The second-order valence-corrected chi connectivity index (χ2v) is 7.18. The molecule has 112 valence electrons. The van der Waals surface area contributed by atoms with Gasteiger partial charge in [-0.25, -0.2) is 13.1 Å². The van der Waals surface area contributed by atoms with Crippen molar-refractivity contribution < 1.29 is 23.1 Å². The molecule has 1 aliphatic heterocycles. The first-order valence-corrected chi connectivity index (χ1v) is 8.18. The molecule has 6 nitrogen and oxygen atoms in total. The molecule has 0 amide bonds. The van der Waals surface area contributed by atoms with Crippen molar-refractivity contribution in [2.45, 2.75) is 57.4 Å². The van der Waals surface area contributed by atoms with Gasteiger partial charge in [0.1, 0.15) is 6.04 Å². The predicted molar refractivity (Wildman–Crippen MR) is 71.4 cm³/mol. The largest absolute Gasteiger partial charge is 0.480 e. The summed E-state index contributed by atoms with van der Waals surface area (Å²) in [6.45, 7) is 5.79. The number of sulfonamides is 1. The molecule has 0 aliphatic carbocycles. The summed E-state index contributed by atoms with van der Waals surface area (Å²) in [5, 5.41) is 8.57. The molecule has 0 saturated carbocycles. The molecule has 0 aromatic heterocycles. The fourth-order valence-electron chi connectivity index (χ4n) is 2.16. The lowest BCUT2D eigenvalue weighted by atomic mass is 10.0. The number of ether oxygens (including phenoxy) is 1. The molecule has 1 saturated heterocycles. The Bertz CT molecular complexity index is 408. The summed E-state index contributed by atoms with van der Waals surface area (Å²) in [6, 6.07) is -1.06. The molecule has 1 aliphatic rings. The van der Waals surface area contributed by atoms with Crippen molar-refractivity contribution in [2.24, 2.45) is 5.92 Å². The lowest BCUT2D eigenvalue weighted by molar-refractivity contribution is -0.140. The average Bonchev–Trinajstić information content (AvgIpc) is 2.35. The van der Waals surface area contributed by atoms with Crippen LogP contribution in [0.1, 0.15) is 40.0 Å². The average molecular weight is 293 g/mol. The van der Waals surface area contributed by atoms with Gasteiger partial charge in [0.15, 0.2) is 0 Å². The van der Waals surface area contributed by atoms with Crippen LogP contribution in [-0.2, 0) is 19.6 Å². The van der Waals surface area contributed by atoms with E-state index in [0.717, 1.165) is 0 Å². The highest BCUT2D eigenvalue weighted by atomic mass is 32.2. The Morgan fingerprint density at radius 2 is 2.16 bits per heavy atom. The molecule has 0 spiro atoms. The first-order chi connectivity index (χ1) is 8.77. The van der Waals surface area contributed by atoms with Crippen LogP contribution in [0.3, 0.4) is 0 Å². The molecule has 19 heavy (non-hydrogen) atoms. The second-order valence-electron chi connectivity index (χ2n) is 5.19. The van der Waals surface area contributed by atoms with E-state index >= 15 is 0 Å². The molecule has 0 bridgehead atoms. The number of aliphatic carboxylic acids is 1. The first kappa shape index (κ1) is 16.4. The van der Waals surface area contributed by atoms with Gasteiger partial charge in [-0.3, -0.25) is 4.79 Å². The maximum atomic E-state index is 12.2. The molecule has 0 aromatic carbocycles. The number of carboxylic acids is 1. The Labute approximate surface area is 114 Å². The van der Waals surface area contributed by atoms with Crippen LogP contribution in [-0.4, -0.2) is 43.5 Å². The third kappa shape index (κ3) is 4.43. The Balaban J connectivity index is 2.79. The van der Waals surface area contributed by atoms with E-state index in [0.29, 0.717) is 25.9 Å². The van der Waals surface area contributed by atoms with Crippen LogP contribution >= 0.6 is 0 Å². The third-order valence-electron chi connectivity index (χ3n) is 3.65. The predicted octanol–water partition coefficient (Wildman–Crippen LogP) is 0.973. The molecule has 7 heteroatoms. The van der Waals surface area contributed by atoms with Crippen molar-refractivity contribution in [3.05, 3.63) is 0 Å². The Morgan fingerprint density at radius 3 is 2.63 bits per heavy atom. The summed E-state index contributed by atoms with van der Waals surface area (Å²) in [5.41, 5.74) is 0. The summed E-state index contributed by atoms with van der Waals surface area (Å²) >= 11 is 0. The summed E-state index contributed by atoms with van der Waals surface area (Å²) in [5.74, 6) is -1.37. The fraction of sp³-hybridized carbons (Fsp3) is 0.917. The zero-order valence-electron chi connectivity index (χ0n) is 11.6. The molecular weight excluding hydrogens is 270 g/mol. The molecule has 1 rings (SSSR count). The Hall–Kier alpha value is -0.660. The van der Waals surface area contributed by atoms with E-state index < -0.39 is 27.3 Å². The van der Waals surface area contributed by atoms with Gasteiger partial charge in [-0.1, -0.05) is 20.3 Å². The first-order valence-electron chi connectivity index (χ1n) is 6.63. The van der Waals surface area contributed by atoms with Crippen LogP contribution in [0.25, 0.3) is 0 Å². The maximum absolute atomic E-state index is 12.2. The minimum atomic E-state index is -3.63. The van der Waals surface area contributed by atoms with Crippen molar-refractivity contribution in [1.82, 2.24) is 4.72 Å². The lowest BCUT2D eigenvalue weighted by Gasteiger charge is -2.29. The van der Waals surface area contributed by atoms with Gasteiger partial charge in [0.05, 0.1) is 11.4 Å².